The summed E-state index contributed by atoms with van der Waals surface area (Å²) in [4.78, 5) is 16.4. The fourth-order valence-corrected chi connectivity index (χ4v) is 4.43. The van der Waals surface area contributed by atoms with Crippen molar-refractivity contribution in [1.29, 1.82) is 5.26 Å². The van der Waals surface area contributed by atoms with Crippen LogP contribution in [0.4, 0.5) is 5.13 Å². The van der Waals surface area contributed by atoms with E-state index >= 15 is 0 Å². The van der Waals surface area contributed by atoms with Crippen molar-refractivity contribution in [2.45, 2.75) is 32.5 Å². The van der Waals surface area contributed by atoms with Gasteiger partial charge in [-0.25, -0.2) is 8.42 Å². The molecule has 9 nitrogen and oxygen atoms in total. The molecule has 1 aromatic heterocycles. The fourth-order valence-electron chi connectivity index (χ4n) is 2.84. The van der Waals surface area contributed by atoms with Crippen LogP contribution in [0.25, 0.3) is 6.08 Å². The van der Waals surface area contributed by atoms with Gasteiger partial charge in [-0.1, -0.05) is 42.8 Å². The van der Waals surface area contributed by atoms with Gasteiger partial charge in [0.2, 0.25) is 15.0 Å². The predicted molar refractivity (Wildman–Crippen MR) is 133 cm³/mol. The summed E-state index contributed by atoms with van der Waals surface area (Å²) >= 11 is 0.724. The van der Waals surface area contributed by atoms with Crippen molar-refractivity contribution in [3.05, 3.63) is 64.7 Å². The molecule has 3 rings (SSSR count). The number of hydrogen-bond acceptors (Lipinski definition) is 9. The average molecular weight is 513 g/mol. The third-order valence-electron chi connectivity index (χ3n) is 4.74. The van der Waals surface area contributed by atoms with E-state index in [1.807, 2.05) is 44.2 Å². The largest absolute Gasteiger partial charge is 0.490 e. The van der Waals surface area contributed by atoms with E-state index < -0.39 is 15.7 Å². The second-order valence-corrected chi connectivity index (χ2v) is 10.2. The van der Waals surface area contributed by atoms with Crippen molar-refractivity contribution in [3.8, 4) is 17.6 Å². The quantitative estimate of drug-likeness (QED) is 0.316. The molecule has 0 radical (unpaired) electrons. The number of amides is 1. The summed E-state index contributed by atoms with van der Waals surface area (Å²) in [6.07, 6.45) is 1.40. The van der Waals surface area contributed by atoms with E-state index in [1.54, 1.807) is 18.2 Å². The zero-order valence-electron chi connectivity index (χ0n) is 19.4. The highest BCUT2D eigenvalue weighted by Gasteiger charge is 2.20. The Hall–Kier alpha value is -3.75. The maximum absolute atomic E-state index is 12.6. The van der Waals surface area contributed by atoms with E-state index in [0.29, 0.717) is 30.3 Å². The van der Waals surface area contributed by atoms with Crippen LogP contribution in [-0.2, 0) is 21.2 Å². The van der Waals surface area contributed by atoms with Crippen LogP contribution in [0.5, 0.6) is 11.5 Å². The number of aryl methyl sites for hydroxylation is 1. The van der Waals surface area contributed by atoms with Crippen LogP contribution in [-0.4, -0.2) is 36.0 Å². The molecule has 35 heavy (non-hydrogen) atoms. The van der Waals surface area contributed by atoms with Crippen LogP contribution in [0.15, 0.2) is 53.2 Å². The van der Waals surface area contributed by atoms with Crippen molar-refractivity contribution in [2.24, 2.45) is 0 Å². The molecular formula is C24H24N4O5S2. The number of carbonyl (C=O) groups excluding carboxylic acids is 1. The number of anilines is 1. The Morgan fingerprint density at radius 1 is 1.14 bits per heavy atom. The highest BCUT2D eigenvalue weighted by atomic mass is 32.2. The van der Waals surface area contributed by atoms with Crippen LogP contribution in [0.1, 0.15) is 30.5 Å². The van der Waals surface area contributed by atoms with Crippen LogP contribution in [0.2, 0.25) is 0 Å². The van der Waals surface area contributed by atoms with E-state index in [-0.39, 0.29) is 21.6 Å². The van der Waals surface area contributed by atoms with E-state index in [4.69, 9.17) is 9.47 Å². The number of aromatic nitrogens is 2. The number of nitrogens with one attached hydrogen (secondary N) is 1. The number of ether oxygens (including phenoxy) is 2. The first-order chi connectivity index (χ1) is 16.7. The summed E-state index contributed by atoms with van der Waals surface area (Å²) in [6, 6.07) is 14.9. The molecule has 3 aromatic rings. The van der Waals surface area contributed by atoms with Crippen molar-refractivity contribution >= 4 is 38.5 Å². The lowest BCUT2D eigenvalue weighted by atomic mass is 10.1. The molecule has 0 bridgehead atoms. The Kier molecular flexibility index (Phi) is 8.57. The summed E-state index contributed by atoms with van der Waals surface area (Å²) < 4.78 is 39.1. The molecular weight excluding hydrogens is 488 g/mol. The third-order valence-corrected chi connectivity index (χ3v) is 6.99. The average Bonchev–Trinajstić information content (AvgIpc) is 3.32. The minimum atomic E-state index is -3.59. The molecule has 0 saturated heterocycles. The van der Waals surface area contributed by atoms with Gasteiger partial charge in [-0.3, -0.25) is 10.1 Å². The Labute approximate surface area is 208 Å². The fraction of sp³-hybridized carbons (Fsp3) is 0.250. The number of benzene rings is 2. The molecule has 0 saturated carbocycles. The Bertz CT molecular complexity index is 1370. The first-order valence-corrected chi connectivity index (χ1v) is 13.1. The summed E-state index contributed by atoms with van der Waals surface area (Å²) in [5, 5.41) is 11.5. The second-order valence-electron chi connectivity index (χ2n) is 7.32. The predicted octanol–water partition coefficient (Wildman–Crippen LogP) is 4.16. The van der Waals surface area contributed by atoms with Crippen molar-refractivity contribution in [2.75, 3.05) is 17.7 Å². The zero-order chi connectivity index (χ0) is 25.4. The maximum Gasteiger partial charge on any atom is 0.268 e. The van der Waals surface area contributed by atoms with Gasteiger partial charge in [-0.05, 0) is 43.2 Å². The van der Waals surface area contributed by atoms with Crippen LogP contribution in [0, 0.1) is 18.3 Å². The lowest BCUT2D eigenvalue weighted by molar-refractivity contribution is -0.112. The normalized spacial score (nSPS) is 11.5. The first-order valence-electron chi connectivity index (χ1n) is 10.7. The van der Waals surface area contributed by atoms with E-state index in [9.17, 15) is 18.5 Å². The molecule has 11 heteroatoms. The summed E-state index contributed by atoms with van der Waals surface area (Å²) in [5.41, 5.74) is 2.53. The Morgan fingerprint density at radius 3 is 2.54 bits per heavy atom. The summed E-state index contributed by atoms with van der Waals surface area (Å²) in [5.74, 6) is 0.116. The molecule has 0 spiro atoms. The number of rotatable bonds is 10. The van der Waals surface area contributed by atoms with E-state index in [0.717, 1.165) is 22.7 Å². The molecule has 182 valence electrons. The van der Waals surface area contributed by atoms with Crippen LogP contribution < -0.4 is 14.8 Å². The van der Waals surface area contributed by atoms with Gasteiger partial charge in [-0.15, -0.1) is 0 Å². The third kappa shape index (κ3) is 6.88. The van der Waals surface area contributed by atoms with Gasteiger partial charge in [0.05, 0.1) is 12.4 Å². The van der Waals surface area contributed by atoms with Gasteiger partial charge >= 0.3 is 0 Å². The molecule has 1 heterocycles. The lowest BCUT2D eigenvalue weighted by Gasteiger charge is -2.13. The van der Waals surface area contributed by atoms with Crippen molar-refractivity contribution in [1.82, 2.24) is 9.36 Å². The second kappa shape index (κ2) is 11.6. The molecule has 0 fully saturated rings. The molecule has 2 aromatic carbocycles. The van der Waals surface area contributed by atoms with Crippen LogP contribution >= 0.6 is 11.5 Å². The Balaban J connectivity index is 1.76. The molecule has 0 aliphatic heterocycles. The lowest BCUT2D eigenvalue weighted by Crippen LogP contribution is -2.13. The van der Waals surface area contributed by atoms with Gasteiger partial charge in [0.1, 0.15) is 18.2 Å². The topological polar surface area (TPSA) is 131 Å². The zero-order valence-corrected chi connectivity index (χ0v) is 21.1. The minimum absolute atomic E-state index is 0.0157. The molecule has 0 aliphatic carbocycles. The molecule has 0 unspecified atom stereocenters. The van der Waals surface area contributed by atoms with Gasteiger partial charge < -0.3 is 9.47 Å². The van der Waals surface area contributed by atoms with E-state index in [2.05, 4.69) is 14.7 Å². The summed E-state index contributed by atoms with van der Waals surface area (Å²) in [6.45, 7) is 6.09. The van der Waals surface area contributed by atoms with Gasteiger partial charge in [0, 0.05) is 11.5 Å². The minimum Gasteiger partial charge on any atom is -0.490 e. The Morgan fingerprint density at radius 2 is 1.89 bits per heavy atom. The monoisotopic (exact) mass is 512 g/mol. The van der Waals surface area contributed by atoms with Crippen molar-refractivity contribution < 1.29 is 22.7 Å². The summed E-state index contributed by atoms with van der Waals surface area (Å²) in [7, 11) is -3.59. The molecule has 1 N–H and O–H groups in total. The van der Waals surface area contributed by atoms with Gasteiger partial charge in [-0.2, -0.15) is 14.6 Å². The number of nitrogens with zero attached hydrogens (tertiary/aromatic N) is 3. The maximum atomic E-state index is 12.6. The smallest absolute Gasteiger partial charge is 0.268 e. The highest BCUT2D eigenvalue weighted by molar-refractivity contribution is 7.91. The molecule has 0 aliphatic rings. The number of nitriles is 1. The van der Waals surface area contributed by atoms with Crippen molar-refractivity contribution in [3.63, 3.8) is 0 Å². The molecule has 0 atom stereocenters. The van der Waals surface area contributed by atoms with E-state index in [1.165, 1.54) is 13.0 Å². The number of sulfone groups is 1. The standard InChI is InChI=1S/C24H24N4O5S2/c1-4-32-21-13-18(10-11-20(21)33-15-17-8-6-16(3)7-9-17)12-19(14-25)22(29)26-23-27-24(28-34-23)35(30,31)5-2/h6-13H,4-5,15H2,1-3H3,(H,26,27,28,29)/b19-12-. The number of carbonyl (C=O) groups is 1. The number of hydrogen-bond donors (Lipinski definition) is 1. The SMILES string of the molecule is CCOc1cc(/C=C(/C#N)C(=O)Nc2nc(S(=O)(=O)CC)ns2)ccc1OCc1ccc(C)cc1. The molecule has 1 amide bonds. The van der Waals surface area contributed by atoms with Gasteiger partial charge in [0.25, 0.3) is 11.1 Å². The van der Waals surface area contributed by atoms with Gasteiger partial charge in [0.15, 0.2) is 11.5 Å². The highest BCUT2D eigenvalue weighted by Crippen LogP contribution is 2.30. The first kappa shape index (κ1) is 25.9. The van der Waals surface area contributed by atoms with Crippen LogP contribution in [0.3, 0.4) is 0 Å².